The van der Waals surface area contributed by atoms with Gasteiger partial charge in [0.25, 0.3) is 0 Å². The Balaban J connectivity index is 1.86. The molecule has 0 radical (unpaired) electrons. The highest BCUT2D eigenvalue weighted by atomic mass is 16.7. The number of carbonyl (C=O) groups excluding carboxylic acids is 1. The minimum atomic E-state index is -1.60. The first kappa shape index (κ1) is 17.2. The lowest BCUT2D eigenvalue weighted by Gasteiger charge is -2.27. The number of carbonyl (C=O) groups is 2. The Labute approximate surface area is 134 Å². The summed E-state index contributed by atoms with van der Waals surface area (Å²) in [5.74, 6) is -0.891. The van der Waals surface area contributed by atoms with E-state index in [1.807, 2.05) is 30.3 Å². The van der Waals surface area contributed by atoms with Crippen LogP contribution in [0.2, 0.25) is 0 Å². The van der Waals surface area contributed by atoms with E-state index in [2.05, 4.69) is 5.48 Å². The first-order chi connectivity index (χ1) is 11.1. The van der Waals surface area contributed by atoms with E-state index in [0.717, 1.165) is 18.4 Å². The van der Waals surface area contributed by atoms with Crippen molar-refractivity contribution >= 4 is 12.1 Å². The zero-order chi connectivity index (χ0) is 16.7. The number of hydrogen-bond donors (Lipinski definition) is 2. The highest BCUT2D eigenvalue weighted by Gasteiger charge is 2.46. The van der Waals surface area contributed by atoms with E-state index in [1.54, 1.807) is 0 Å². The average Bonchev–Trinajstić information content (AvgIpc) is 3.35. The van der Waals surface area contributed by atoms with Gasteiger partial charge in [0, 0.05) is 7.11 Å². The van der Waals surface area contributed by atoms with Gasteiger partial charge in [0.1, 0.15) is 6.61 Å². The van der Waals surface area contributed by atoms with Gasteiger partial charge in [-0.1, -0.05) is 43.2 Å². The molecule has 1 aromatic carbocycles. The molecule has 1 aliphatic rings. The second kappa shape index (κ2) is 7.94. The average molecular weight is 323 g/mol. The number of carboxylic acids is 1. The van der Waals surface area contributed by atoms with Crippen LogP contribution in [0.1, 0.15) is 24.8 Å². The van der Waals surface area contributed by atoms with Gasteiger partial charge >= 0.3 is 12.1 Å². The number of methoxy groups -OCH3 is 1. The number of amides is 1. The molecule has 1 amide bonds. The zero-order valence-electron chi connectivity index (χ0n) is 13.0. The molecule has 0 unspecified atom stereocenters. The molecule has 1 aliphatic carbocycles. The monoisotopic (exact) mass is 323 g/mol. The lowest BCUT2D eigenvalue weighted by atomic mass is 9.98. The maximum absolute atomic E-state index is 11.7. The molecular formula is C16H21NO6. The largest absolute Gasteiger partial charge is 0.479 e. The summed E-state index contributed by atoms with van der Waals surface area (Å²) in [5, 5.41) is 9.46. The van der Waals surface area contributed by atoms with Crippen LogP contribution in [-0.4, -0.2) is 36.5 Å². The van der Waals surface area contributed by atoms with Gasteiger partial charge in [0.05, 0.1) is 6.61 Å². The molecule has 0 spiro atoms. The topological polar surface area (TPSA) is 94.1 Å². The summed E-state index contributed by atoms with van der Waals surface area (Å²) in [6, 6.07) is 9.14. The van der Waals surface area contributed by atoms with Crippen molar-refractivity contribution in [2.75, 3.05) is 13.7 Å². The second-order valence-electron chi connectivity index (χ2n) is 5.65. The van der Waals surface area contributed by atoms with Gasteiger partial charge in [-0.2, -0.15) is 5.48 Å². The molecule has 7 heteroatoms. The van der Waals surface area contributed by atoms with E-state index in [-0.39, 0.29) is 25.6 Å². The number of nitrogens with one attached hydrogen (secondary N) is 1. The lowest BCUT2D eigenvalue weighted by molar-refractivity contribution is -0.186. The van der Waals surface area contributed by atoms with Gasteiger partial charge in [0.15, 0.2) is 0 Å². The Hall–Kier alpha value is -2.12. The molecule has 0 heterocycles. The molecule has 0 aliphatic heterocycles. The Bertz CT molecular complexity index is 531. The number of ether oxygens (including phenoxy) is 2. The maximum Gasteiger partial charge on any atom is 0.431 e. The van der Waals surface area contributed by atoms with Crippen molar-refractivity contribution in [2.24, 2.45) is 5.92 Å². The summed E-state index contributed by atoms with van der Waals surface area (Å²) in [6.45, 7) is -0.0825. The Morgan fingerprint density at radius 3 is 2.57 bits per heavy atom. The van der Waals surface area contributed by atoms with Crippen LogP contribution in [0, 0.1) is 5.92 Å². The minimum Gasteiger partial charge on any atom is -0.479 e. The van der Waals surface area contributed by atoms with Crippen molar-refractivity contribution in [3.63, 3.8) is 0 Å². The van der Waals surface area contributed by atoms with E-state index in [0.29, 0.717) is 0 Å². The highest BCUT2D eigenvalue weighted by molar-refractivity contribution is 5.78. The molecule has 1 aromatic rings. The van der Waals surface area contributed by atoms with Gasteiger partial charge in [-0.15, -0.1) is 0 Å². The molecule has 7 nitrogen and oxygen atoms in total. The molecule has 0 bridgehead atoms. The van der Waals surface area contributed by atoms with Crippen LogP contribution in [-0.2, 0) is 25.7 Å². The van der Waals surface area contributed by atoms with Gasteiger partial charge in [-0.05, 0) is 17.9 Å². The fourth-order valence-electron chi connectivity index (χ4n) is 2.24. The number of hydroxylamine groups is 1. The molecule has 0 aromatic heterocycles. The SMILES string of the molecule is COC[C@@](CC1CC1)(ONC(=O)OCc1ccccc1)C(=O)O. The summed E-state index contributed by atoms with van der Waals surface area (Å²) in [5.41, 5.74) is 1.30. The van der Waals surface area contributed by atoms with Gasteiger partial charge in [-0.25, -0.2) is 14.4 Å². The highest BCUT2D eigenvalue weighted by Crippen LogP contribution is 2.38. The zero-order valence-corrected chi connectivity index (χ0v) is 13.0. The predicted octanol–water partition coefficient (Wildman–Crippen LogP) is 2.11. The molecule has 2 rings (SSSR count). The fourth-order valence-corrected chi connectivity index (χ4v) is 2.24. The Morgan fingerprint density at radius 1 is 1.30 bits per heavy atom. The second-order valence-corrected chi connectivity index (χ2v) is 5.65. The van der Waals surface area contributed by atoms with Crippen LogP contribution in [0.3, 0.4) is 0 Å². The number of hydrogen-bond acceptors (Lipinski definition) is 5. The standard InChI is InChI=1S/C16H21NO6/c1-21-11-16(14(18)19,9-12-7-8-12)23-17-15(20)22-10-13-5-3-2-4-6-13/h2-6,12H,7-11H2,1H3,(H,17,20)(H,18,19)/t16-/m1/s1. The summed E-state index contributed by atoms with van der Waals surface area (Å²) in [6.07, 6.45) is 1.36. The molecule has 126 valence electrons. The predicted molar refractivity (Wildman–Crippen MR) is 80.4 cm³/mol. The van der Waals surface area contributed by atoms with Crippen molar-refractivity contribution < 1.29 is 29.0 Å². The summed E-state index contributed by atoms with van der Waals surface area (Å²) >= 11 is 0. The first-order valence-electron chi connectivity index (χ1n) is 7.43. The third-order valence-electron chi connectivity index (χ3n) is 3.63. The van der Waals surface area contributed by atoms with Gasteiger partial charge in [-0.3, -0.25) is 0 Å². The first-order valence-corrected chi connectivity index (χ1v) is 7.43. The van der Waals surface area contributed by atoms with E-state index in [4.69, 9.17) is 14.3 Å². The van der Waals surface area contributed by atoms with E-state index in [1.165, 1.54) is 7.11 Å². The normalized spacial score (nSPS) is 16.4. The summed E-state index contributed by atoms with van der Waals surface area (Å²) in [7, 11) is 1.39. The van der Waals surface area contributed by atoms with Crippen LogP contribution < -0.4 is 5.48 Å². The molecule has 1 atom stereocenters. The Morgan fingerprint density at radius 2 is 2.00 bits per heavy atom. The van der Waals surface area contributed by atoms with Gasteiger partial charge in [0.2, 0.25) is 5.60 Å². The van der Waals surface area contributed by atoms with E-state index < -0.39 is 17.7 Å². The molecule has 23 heavy (non-hydrogen) atoms. The molecule has 1 fully saturated rings. The Kier molecular flexibility index (Phi) is 5.95. The quantitative estimate of drug-likeness (QED) is 0.676. The molecular weight excluding hydrogens is 302 g/mol. The summed E-state index contributed by atoms with van der Waals surface area (Å²) in [4.78, 5) is 28.5. The van der Waals surface area contributed by atoms with E-state index in [9.17, 15) is 14.7 Å². The number of aliphatic carboxylic acids is 1. The van der Waals surface area contributed by atoms with Crippen molar-refractivity contribution in [3.8, 4) is 0 Å². The summed E-state index contributed by atoms with van der Waals surface area (Å²) < 4.78 is 9.95. The fraction of sp³-hybridized carbons (Fsp3) is 0.500. The lowest BCUT2D eigenvalue weighted by Crippen LogP contribution is -2.50. The van der Waals surface area contributed by atoms with Crippen LogP contribution in [0.5, 0.6) is 0 Å². The number of rotatable bonds is 9. The van der Waals surface area contributed by atoms with E-state index >= 15 is 0 Å². The van der Waals surface area contributed by atoms with Crippen LogP contribution in [0.4, 0.5) is 4.79 Å². The van der Waals surface area contributed by atoms with Crippen molar-refractivity contribution in [1.82, 2.24) is 5.48 Å². The smallest absolute Gasteiger partial charge is 0.431 e. The molecule has 2 N–H and O–H groups in total. The van der Waals surface area contributed by atoms with Gasteiger partial charge < -0.3 is 14.6 Å². The molecule has 1 saturated carbocycles. The third kappa shape index (κ3) is 5.22. The number of benzene rings is 1. The van der Waals surface area contributed by atoms with Crippen LogP contribution in [0.25, 0.3) is 0 Å². The minimum absolute atomic E-state index is 0.0724. The van der Waals surface area contributed by atoms with Crippen molar-refractivity contribution in [1.29, 1.82) is 0 Å². The third-order valence-corrected chi connectivity index (χ3v) is 3.63. The van der Waals surface area contributed by atoms with Crippen molar-refractivity contribution in [3.05, 3.63) is 35.9 Å². The molecule has 0 saturated heterocycles. The maximum atomic E-state index is 11.7. The van der Waals surface area contributed by atoms with Crippen LogP contribution in [0.15, 0.2) is 30.3 Å². The van der Waals surface area contributed by atoms with Crippen LogP contribution >= 0.6 is 0 Å². The van der Waals surface area contributed by atoms with Crippen molar-refractivity contribution in [2.45, 2.75) is 31.5 Å². The number of carboxylic acid groups (broad SMARTS) is 1.